The molecule has 0 aliphatic heterocycles. The lowest BCUT2D eigenvalue weighted by Gasteiger charge is -2.08. The van der Waals surface area contributed by atoms with Crippen LogP contribution in [-0.2, 0) is 7.05 Å². The molecule has 0 fully saturated rings. The van der Waals surface area contributed by atoms with Crippen LogP contribution in [0.2, 0.25) is 0 Å². The molecule has 0 unspecified atom stereocenters. The van der Waals surface area contributed by atoms with E-state index in [1.165, 1.54) is 0 Å². The molecule has 0 saturated heterocycles. The van der Waals surface area contributed by atoms with Gasteiger partial charge in [-0.15, -0.1) is 0 Å². The van der Waals surface area contributed by atoms with Crippen LogP contribution >= 0.6 is 46.6 Å². The van der Waals surface area contributed by atoms with Gasteiger partial charge >= 0.3 is 0 Å². The largest absolute Gasteiger partial charge is 0.285 e. The van der Waals surface area contributed by atoms with Crippen molar-refractivity contribution in [2.45, 2.75) is 14.9 Å². The summed E-state index contributed by atoms with van der Waals surface area (Å²) >= 11 is 18.2. The SMILES string of the molecule is Cc1c(SC(Cl)(Cl)Cl)c(=O)n(-c2ccccc2)n1C. The Kier molecular flexibility index (Phi) is 4.26. The van der Waals surface area contributed by atoms with E-state index in [-0.39, 0.29) is 5.56 Å². The maximum Gasteiger partial charge on any atom is 0.285 e. The average Bonchev–Trinajstić information content (AvgIpc) is 2.53. The Labute approximate surface area is 130 Å². The Morgan fingerprint density at radius 2 is 1.74 bits per heavy atom. The molecule has 0 atom stereocenters. The van der Waals surface area contributed by atoms with Crippen molar-refractivity contribution in [2.75, 3.05) is 0 Å². The van der Waals surface area contributed by atoms with Gasteiger partial charge in [0.25, 0.3) is 5.56 Å². The molecule has 0 saturated carbocycles. The first-order chi connectivity index (χ1) is 8.81. The van der Waals surface area contributed by atoms with Gasteiger partial charge in [-0.3, -0.25) is 9.48 Å². The normalized spacial score (nSPS) is 11.8. The van der Waals surface area contributed by atoms with Crippen molar-refractivity contribution in [1.82, 2.24) is 9.36 Å². The third kappa shape index (κ3) is 3.14. The lowest BCUT2D eigenvalue weighted by atomic mass is 10.3. The van der Waals surface area contributed by atoms with Crippen LogP contribution in [0.15, 0.2) is 40.0 Å². The van der Waals surface area contributed by atoms with Crippen LogP contribution in [0.1, 0.15) is 5.69 Å². The van der Waals surface area contributed by atoms with Crippen LogP contribution in [0.4, 0.5) is 0 Å². The van der Waals surface area contributed by atoms with Crippen molar-refractivity contribution >= 4 is 46.6 Å². The Balaban J connectivity index is 2.60. The topological polar surface area (TPSA) is 26.9 Å². The number of benzene rings is 1. The van der Waals surface area contributed by atoms with Gasteiger partial charge in [-0.25, -0.2) is 4.68 Å². The maximum atomic E-state index is 12.4. The summed E-state index contributed by atoms with van der Waals surface area (Å²) in [7, 11) is 1.80. The number of aromatic nitrogens is 2. The number of halogens is 3. The van der Waals surface area contributed by atoms with E-state index < -0.39 is 3.12 Å². The van der Waals surface area contributed by atoms with E-state index in [0.717, 1.165) is 23.1 Å². The highest BCUT2D eigenvalue weighted by atomic mass is 35.6. The first-order valence-corrected chi connectivity index (χ1v) is 7.36. The Morgan fingerprint density at radius 3 is 2.26 bits per heavy atom. The van der Waals surface area contributed by atoms with Crippen LogP contribution in [0.5, 0.6) is 0 Å². The van der Waals surface area contributed by atoms with Crippen molar-refractivity contribution in [2.24, 2.45) is 7.05 Å². The number of alkyl halides is 3. The first-order valence-electron chi connectivity index (χ1n) is 5.41. The van der Waals surface area contributed by atoms with E-state index in [1.54, 1.807) is 16.4 Å². The molecule has 2 aromatic rings. The van der Waals surface area contributed by atoms with Gasteiger partial charge in [0.15, 0.2) is 0 Å². The molecule has 1 heterocycles. The number of hydrogen-bond acceptors (Lipinski definition) is 2. The summed E-state index contributed by atoms with van der Waals surface area (Å²) in [5, 5.41) is 0. The highest BCUT2D eigenvalue weighted by Crippen LogP contribution is 2.43. The summed E-state index contributed by atoms with van der Waals surface area (Å²) in [5.74, 6) is 0. The molecule has 7 heteroatoms. The average molecular weight is 338 g/mol. The zero-order valence-corrected chi connectivity index (χ0v) is 13.3. The minimum absolute atomic E-state index is 0.192. The van der Waals surface area contributed by atoms with E-state index in [9.17, 15) is 4.79 Å². The minimum atomic E-state index is -1.56. The molecule has 0 bridgehead atoms. The maximum absolute atomic E-state index is 12.4. The summed E-state index contributed by atoms with van der Waals surface area (Å²) in [6, 6.07) is 9.33. The Bertz CT molecular complexity index is 643. The molecule has 0 aliphatic rings. The highest BCUT2D eigenvalue weighted by Gasteiger charge is 2.27. The zero-order chi connectivity index (χ0) is 14.2. The molecule has 1 aromatic heterocycles. The Hall–Kier alpha value is -0.550. The summed E-state index contributed by atoms with van der Waals surface area (Å²) in [4.78, 5) is 12.9. The molecular formula is C12H11Cl3N2OS. The van der Waals surface area contributed by atoms with Gasteiger partial charge in [-0.2, -0.15) is 0 Å². The quantitative estimate of drug-likeness (QED) is 0.614. The van der Waals surface area contributed by atoms with Gasteiger partial charge in [0.1, 0.15) is 0 Å². The second-order valence-corrected chi connectivity index (χ2v) is 8.12. The highest BCUT2D eigenvalue weighted by molar-refractivity contribution is 8.04. The van der Waals surface area contributed by atoms with Gasteiger partial charge in [-0.1, -0.05) is 64.8 Å². The second kappa shape index (κ2) is 5.44. The van der Waals surface area contributed by atoms with Gasteiger partial charge in [0.05, 0.1) is 16.3 Å². The van der Waals surface area contributed by atoms with Gasteiger partial charge in [0.2, 0.25) is 3.12 Å². The fourth-order valence-electron chi connectivity index (χ4n) is 1.78. The number of thioether (sulfide) groups is 1. The number of para-hydroxylation sites is 1. The summed E-state index contributed by atoms with van der Waals surface area (Å²) < 4.78 is 1.74. The zero-order valence-electron chi connectivity index (χ0n) is 10.2. The molecule has 3 nitrogen and oxygen atoms in total. The van der Waals surface area contributed by atoms with Crippen molar-refractivity contribution in [3.8, 4) is 5.69 Å². The van der Waals surface area contributed by atoms with Crippen molar-refractivity contribution in [3.63, 3.8) is 0 Å². The predicted molar refractivity (Wildman–Crippen MR) is 81.9 cm³/mol. The minimum Gasteiger partial charge on any atom is -0.284 e. The fraction of sp³-hybridized carbons (Fsp3) is 0.250. The van der Waals surface area contributed by atoms with E-state index in [2.05, 4.69) is 0 Å². The molecule has 0 amide bonds. The fourth-order valence-corrected chi connectivity index (χ4v) is 3.16. The van der Waals surface area contributed by atoms with E-state index in [0.29, 0.717) is 4.90 Å². The number of hydrogen-bond donors (Lipinski definition) is 0. The lowest BCUT2D eigenvalue weighted by molar-refractivity contribution is 0.630. The van der Waals surface area contributed by atoms with Crippen LogP contribution in [0, 0.1) is 6.92 Å². The van der Waals surface area contributed by atoms with Gasteiger partial charge < -0.3 is 0 Å². The third-order valence-electron chi connectivity index (χ3n) is 2.72. The van der Waals surface area contributed by atoms with Gasteiger partial charge in [0, 0.05) is 7.05 Å². The van der Waals surface area contributed by atoms with Crippen molar-refractivity contribution < 1.29 is 0 Å². The predicted octanol–water partition coefficient (Wildman–Crippen LogP) is 3.90. The molecular weight excluding hydrogens is 327 g/mol. The molecule has 0 spiro atoms. The van der Waals surface area contributed by atoms with Crippen LogP contribution < -0.4 is 5.56 Å². The second-order valence-electron chi connectivity index (χ2n) is 3.94. The number of rotatable bonds is 2. The Morgan fingerprint density at radius 1 is 1.16 bits per heavy atom. The summed E-state index contributed by atoms with van der Waals surface area (Å²) in [6.07, 6.45) is 0. The summed E-state index contributed by atoms with van der Waals surface area (Å²) in [5.41, 5.74) is 1.34. The monoisotopic (exact) mass is 336 g/mol. The van der Waals surface area contributed by atoms with E-state index in [4.69, 9.17) is 34.8 Å². The van der Waals surface area contributed by atoms with Crippen LogP contribution in [-0.4, -0.2) is 12.5 Å². The lowest BCUT2D eigenvalue weighted by Crippen LogP contribution is -2.20. The smallest absolute Gasteiger partial charge is 0.284 e. The van der Waals surface area contributed by atoms with E-state index in [1.807, 2.05) is 37.3 Å². The first kappa shape index (κ1) is 14.9. The molecule has 1 aromatic carbocycles. The molecule has 0 radical (unpaired) electrons. The van der Waals surface area contributed by atoms with Crippen molar-refractivity contribution in [1.29, 1.82) is 0 Å². The molecule has 2 rings (SSSR count). The standard InChI is InChI=1S/C12H11Cl3N2OS/c1-8-10(19-12(13,14)15)11(18)17(16(8)2)9-6-4-3-5-7-9/h3-7H,1-2H3. The summed E-state index contributed by atoms with van der Waals surface area (Å²) in [6.45, 7) is 1.82. The molecule has 0 aliphatic carbocycles. The molecule has 0 N–H and O–H groups in total. The van der Waals surface area contributed by atoms with Crippen LogP contribution in [0.3, 0.4) is 0 Å². The number of nitrogens with zero attached hydrogens (tertiary/aromatic N) is 2. The van der Waals surface area contributed by atoms with Crippen LogP contribution in [0.25, 0.3) is 5.69 Å². The van der Waals surface area contributed by atoms with Gasteiger partial charge in [-0.05, 0) is 19.1 Å². The third-order valence-corrected chi connectivity index (χ3v) is 4.32. The van der Waals surface area contributed by atoms with E-state index >= 15 is 0 Å². The van der Waals surface area contributed by atoms with Crippen molar-refractivity contribution in [3.05, 3.63) is 46.4 Å². The molecule has 102 valence electrons. The molecule has 19 heavy (non-hydrogen) atoms.